The number of aryl methyl sites for hydroxylation is 1. The first-order valence-corrected chi connectivity index (χ1v) is 7.28. The summed E-state index contributed by atoms with van der Waals surface area (Å²) < 4.78 is 0. The Hall–Kier alpha value is -2.23. The number of nitrogens with zero attached hydrogens (tertiary/aromatic N) is 3. The van der Waals surface area contributed by atoms with Crippen LogP contribution in [-0.4, -0.2) is 28.3 Å². The lowest BCUT2D eigenvalue weighted by Crippen LogP contribution is -2.46. The van der Waals surface area contributed by atoms with Crippen molar-refractivity contribution in [2.45, 2.75) is 33.2 Å². The molecule has 1 aliphatic heterocycles. The summed E-state index contributed by atoms with van der Waals surface area (Å²) in [5.41, 5.74) is 3.61. The first-order chi connectivity index (χ1) is 10.0. The molecule has 2 heterocycles. The van der Waals surface area contributed by atoms with Crippen LogP contribution in [0.2, 0.25) is 0 Å². The van der Waals surface area contributed by atoms with E-state index in [0.717, 1.165) is 35.0 Å². The molecule has 4 nitrogen and oxygen atoms in total. The quantitative estimate of drug-likeness (QED) is 0.810. The Kier molecular flexibility index (Phi) is 3.45. The van der Waals surface area contributed by atoms with Crippen molar-refractivity contribution in [3.8, 4) is 11.3 Å². The SMILES string of the molecule is CC(=O)c1ccc(-c2cc(C)nc(N3CC[C@@H]3C)n2)cc1. The van der Waals surface area contributed by atoms with Gasteiger partial charge in [-0.1, -0.05) is 24.3 Å². The third kappa shape index (κ3) is 2.66. The van der Waals surface area contributed by atoms with Gasteiger partial charge in [0, 0.05) is 29.4 Å². The maximum absolute atomic E-state index is 11.3. The molecule has 0 radical (unpaired) electrons. The van der Waals surface area contributed by atoms with Crippen molar-refractivity contribution in [3.05, 3.63) is 41.6 Å². The van der Waals surface area contributed by atoms with E-state index in [4.69, 9.17) is 0 Å². The van der Waals surface area contributed by atoms with Crippen LogP contribution in [0, 0.1) is 6.92 Å². The van der Waals surface area contributed by atoms with E-state index in [1.54, 1.807) is 6.92 Å². The molecule has 1 aromatic carbocycles. The Morgan fingerprint density at radius 3 is 2.48 bits per heavy atom. The fourth-order valence-electron chi connectivity index (χ4n) is 2.52. The molecule has 1 saturated heterocycles. The number of benzene rings is 1. The van der Waals surface area contributed by atoms with Gasteiger partial charge in [-0.2, -0.15) is 0 Å². The molecule has 0 bridgehead atoms. The van der Waals surface area contributed by atoms with E-state index in [1.807, 2.05) is 37.3 Å². The highest BCUT2D eigenvalue weighted by atomic mass is 16.1. The molecule has 21 heavy (non-hydrogen) atoms. The molecule has 3 rings (SSSR count). The van der Waals surface area contributed by atoms with E-state index in [9.17, 15) is 4.79 Å². The van der Waals surface area contributed by atoms with Crippen molar-refractivity contribution in [2.24, 2.45) is 0 Å². The average molecular weight is 281 g/mol. The molecule has 0 amide bonds. The minimum absolute atomic E-state index is 0.0792. The Bertz CT molecular complexity index is 679. The zero-order chi connectivity index (χ0) is 15.0. The summed E-state index contributed by atoms with van der Waals surface area (Å²) in [4.78, 5) is 22.8. The summed E-state index contributed by atoms with van der Waals surface area (Å²) in [6.07, 6.45) is 1.19. The van der Waals surface area contributed by atoms with Crippen molar-refractivity contribution in [1.82, 2.24) is 9.97 Å². The molecule has 0 N–H and O–H groups in total. The van der Waals surface area contributed by atoms with Crippen molar-refractivity contribution in [2.75, 3.05) is 11.4 Å². The second-order valence-corrected chi connectivity index (χ2v) is 5.66. The molecule has 1 atom stereocenters. The van der Waals surface area contributed by atoms with Gasteiger partial charge in [-0.25, -0.2) is 9.97 Å². The van der Waals surface area contributed by atoms with Gasteiger partial charge in [0.05, 0.1) is 5.69 Å². The molecule has 0 saturated carbocycles. The minimum atomic E-state index is 0.0792. The largest absolute Gasteiger partial charge is 0.338 e. The lowest BCUT2D eigenvalue weighted by Gasteiger charge is -2.38. The van der Waals surface area contributed by atoms with Crippen LogP contribution in [0.15, 0.2) is 30.3 Å². The van der Waals surface area contributed by atoms with E-state index in [1.165, 1.54) is 6.42 Å². The first kappa shape index (κ1) is 13.7. The van der Waals surface area contributed by atoms with Crippen LogP contribution < -0.4 is 4.90 Å². The molecule has 2 aromatic rings. The van der Waals surface area contributed by atoms with Gasteiger partial charge in [-0.05, 0) is 33.3 Å². The number of Topliss-reactive ketones (excluding diaryl/α,β-unsaturated/α-hetero) is 1. The highest BCUT2D eigenvalue weighted by Gasteiger charge is 2.26. The summed E-state index contributed by atoms with van der Waals surface area (Å²) in [6.45, 7) is 6.78. The van der Waals surface area contributed by atoms with E-state index >= 15 is 0 Å². The molecule has 0 aliphatic carbocycles. The molecule has 1 aromatic heterocycles. The smallest absolute Gasteiger partial charge is 0.226 e. The van der Waals surface area contributed by atoms with Crippen LogP contribution in [0.5, 0.6) is 0 Å². The van der Waals surface area contributed by atoms with Gasteiger partial charge < -0.3 is 4.90 Å². The number of aromatic nitrogens is 2. The molecule has 1 fully saturated rings. The number of anilines is 1. The lowest BCUT2D eigenvalue weighted by atomic mass is 10.1. The van der Waals surface area contributed by atoms with Gasteiger partial charge in [-0.15, -0.1) is 0 Å². The topological polar surface area (TPSA) is 46.1 Å². The molecular formula is C17H19N3O. The van der Waals surface area contributed by atoms with Gasteiger partial charge >= 0.3 is 0 Å². The van der Waals surface area contributed by atoms with E-state index in [0.29, 0.717) is 6.04 Å². The van der Waals surface area contributed by atoms with Crippen molar-refractivity contribution < 1.29 is 4.79 Å². The zero-order valence-corrected chi connectivity index (χ0v) is 12.6. The second-order valence-electron chi connectivity index (χ2n) is 5.66. The Morgan fingerprint density at radius 2 is 1.95 bits per heavy atom. The fraction of sp³-hybridized carbons (Fsp3) is 0.353. The van der Waals surface area contributed by atoms with Crippen molar-refractivity contribution in [1.29, 1.82) is 0 Å². The summed E-state index contributed by atoms with van der Waals surface area (Å²) in [5.74, 6) is 0.884. The van der Waals surface area contributed by atoms with Gasteiger partial charge in [0.25, 0.3) is 0 Å². The predicted octanol–water partition coefficient (Wildman–Crippen LogP) is 3.25. The predicted molar refractivity (Wildman–Crippen MR) is 83.6 cm³/mol. The normalized spacial score (nSPS) is 17.5. The average Bonchev–Trinajstić information content (AvgIpc) is 2.45. The number of carbonyl (C=O) groups excluding carboxylic acids is 1. The summed E-state index contributed by atoms with van der Waals surface area (Å²) in [6, 6.07) is 10.1. The summed E-state index contributed by atoms with van der Waals surface area (Å²) >= 11 is 0. The number of carbonyl (C=O) groups is 1. The second kappa shape index (κ2) is 5.28. The molecule has 0 unspecified atom stereocenters. The fourth-order valence-corrected chi connectivity index (χ4v) is 2.52. The Balaban J connectivity index is 1.96. The van der Waals surface area contributed by atoms with Crippen LogP contribution in [0.1, 0.15) is 36.3 Å². The number of ketones is 1. The summed E-state index contributed by atoms with van der Waals surface area (Å²) in [5, 5.41) is 0. The molecule has 4 heteroatoms. The maximum atomic E-state index is 11.3. The Labute approximate surface area is 124 Å². The van der Waals surface area contributed by atoms with Crippen molar-refractivity contribution in [3.63, 3.8) is 0 Å². The Morgan fingerprint density at radius 1 is 1.24 bits per heavy atom. The standard InChI is InChI=1S/C17H19N3O/c1-11-10-16(15-6-4-14(5-7-15)13(3)21)19-17(18-11)20-9-8-12(20)2/h4-7,10,12H,8-9H2,1-3H3/t12-/m0/s1. The molecular weight excluding hydrogens is 262 g/mol. The van der Waals surface area contributed by atoms with E-state index in [-0.39, 0.29) is 5.78 Å². The number of rotatable bonds is 3. The monoisotopic (exact) mass is 281 g/mol. The van der Waals surface area contributed by atoms with Crippen LogP contribution in [0.25, 0.3) is 11.3 Å². The van der Waals surface area contributed by atoms with Crippen LogP contribution >= 0.6 is 0 Å². The van der Waals surface area contributed by atoms with Gasteiger partial charge in [0.1, 0.15) is 0 Å². The highest BCUT2D eigenvalue weighted by molar-refractivity contribution is 5.94. The van der Waals surface area contributed by atoms with Gasteiger partial charge in [0.2, 0.25) is 5.95 Å². The number of hydrogen-bond acceptors (Lipinski definition) is 4. The maximum Gasteiger partial charge on any atom is 0.226 e. The van der Waals surface area contributed by atoms with E-state index in [2.05, 4.69) is 21.8 Å². The highest BCUT2D eigenvalue weighted by Crippen LogP contribution is 2.26. The van der Waals surface area contributed by atoms with Crippen molar-refractivity contribution >= 4 is 11.7 Å². The van der Waals surface area contributed by atoms with Gasteiger partial charge in [-0.3, -0.25) is 4.79 Å². The third-order valence-corrected chi connectivity index (χ3v) is 4.01. The van der Waals surface area contributed by atoms with Gasteiger partial charge in [0.15, 0.2) is 5.78 Å². The first-order valence-electron chi connectivity index (χ1n) is 7.28. The molecule has 1 aliphatic rings. The number of hydrogen-bond donors (Lipinski definition) is 0. The van der Waals surface area contributed by atoms with E-state index < -0.39 is 0 Å². The minimum Gasteiger partial charge on any atom is -0.338 e. The van der Waals surface area contributed by atoms with Crippen LogP contribution in [-0.2, 0) is 0 Å². The van der Waals surface area contributed by atoms with Crippen LogP contribution in [0.3, 0.4) is 0 Å². The molecule has 108 valence electrons. The lowest BCUT2D eigenvalue weighted by molar-refractivity contribution is 0.101. The molecule has 0 spiro atoms. The van der Waals surface area contributed by atoms with Crippen LogP contribution in [0.4, 0.5) is 5.95 Å². The third-order valence-electron chi connectivity index (χ3n) is 4.01. The summed E-state index contributed by atoms with van der Waals surface area (Å²) in [7, 11) is 0. The zero-order valence-electron chi connectivity index (χ0n) is 12.6.